The Bertz CT molecular complexity index is 643. The van der Waals surface area contributed by atoms with Gasteiger partial charge in [-0.15, -0.1) is 11.3 Å². The summed E-state index contributed by atoms with van der Waals surface area (Å²) in [6.07, 6.45) is 2.13. The fourth-order valence-electron chi connectivity index (χ4n) is 2.14. The Morgan fingerprint density at radius 3 is 2.77 bits per heavy atom. The predicted octanol–water partition coefficient (Wildman–Crippen LogP) is 3.09. The highest BCUT2D eigenvalue weighted by atomic mass is 32.1. The molecular weight excluding hydrogens is 303 g/mol. The monoisotopic (exact) mass is 322 g/mol. The summed E-state index contributed by atoms with van der Waals surface area (Å²) < 4.78 is 13.7. The molecule has 0 aliphatic rings. The maximum absolute atomic E-state index is 13.7. The lowest BCUT2D eigenvalue weighted by Crippen LogP contribution is -2.38. The summed E-state index contributed by atoms with van der Waals surface area (Å²) in [6, 6.07) is 6.04. The molecule has 0 saturated heterocycles. The maximum atomic E-state index is 13.7. The molecule has 2 rings (SSSR count). The van der Waals surface area contributed by atoms with Crippen LogP contribution in [0.2, 0.25) is 0 Å². The zero-order valence-electron chi connectivity index (χ0n) is 12.5. The van der Waals surface area contributed by atoms with Gasteiger partial charge in [0.15, 0.2) is 0 Å². The van der Waals surface area contributed by atoms with Crippen LogP contribution in [0.15, 0.2) is 30.5 Å². The second kappa shape index (κ2) is 7.47. The number of carbonyl (C=O) groups is 1. The summed E-state index contributed by atoms with van der Waals surface area (Å²) >= 11 is 1.13. The van der Waals surface area contributed by atoms with E-state index < -0.39 is 0 Å². The van der Waals surface area contributed by atoms with Crippen molar-refractivity contribution in [2.24, 2.45) is 5.92 Å². The van der Waals surface area contributed by atoms with Crippen LogP contribution in [0, 0.1) is 11.7 Å². The second-order valence-corrected chi connectivity index (χ2v) is 6.52. The Hall–Kier alpha value is -1.79. The SMILES string of the molecule is CC(C)CC(CO)NC(=O)c1cnc(-c2ccccc2F)s1. The molecular formula is C16H19FN2O2S. The maximum Gasteiger partial charge on any atom is 0.263 e. The van der Waals surface area contributed by atoms with Crippen molar-refractivity contribution in [1.29, 1.82) is 0 Å². The van der Waals surface area contributed by atoms with Crippen LogP contribution in [0.4, 0.5) is 4.39 Å². The van der Waals surface area contributed by atoms with Gasteiger partial charge in [-0.05, 0) is 24.5 Å². The lowest BCUT2D eigenvalue weighted by Gasteiger charge is -2.17. The number of benzene rings is 1. The fourth-order valence-corrected chi connectivity index (χ4v) is 2.99. The molecule has 1 unspecified atom stereocenters. The molecule has 0 bridgehead atoms. The highest BCUT2D eigenvalue weighted by molar-refractivity contribution is 7.16. The van der Waals surface area contributed by atoms with Crippen LogP contribution in [0.3, 0.4) is 0 Å². The number of nitrogens with zero attached hydrogens (tertiary/aromatic N) is 1. The Labute approximate surface area is 133 Å². The predicted molar refractivity (Wildman–Crippen MR) is 85.3 cm³/mol. The number of halogens is 1. The Morgan fingerprint density at radius 1 is 1.41 bits per heavy atom. The Kier molecular flexibility index (Phi) is 5.63. The van der Waals surface area contributed by atoms with Gasteiger partial charge >= 0.3 is 0 Å². The number of thiazole rings is 1. The van der Waals surface area contributed by atoms with E-state index in [1.807, 2.05) is 13.8 Å². The minimum absolute atomic E-state index is 0.108. The van der Waals surface area contributed by atoms with Crippen molar-refractivity contribution in [2.75, 3.05) is 6.61 Å². The average molecular weight is 322 g/mol. The normalized spacial score (nSPS) is 12.4. The minimum Gasteiger partial charge on any atom is -0.394 e. The first kappa shape index (κ1) is 16.6. The van der Waals surface area contributed by atoms with Crippen LogP contribution in [0.1, 0.15) is 29.9 Å². The zero-order valence-corrected chi connectivity index (χ0v) is 13.4. The van der Waals surface area contributed by atoms with E-state index in [0.29, 0.717) is 27.8 Å². The molecule has 0 radical (unpaired) electrons. The number of amides is 1. The average Bonchev–Trinajstić information content (AvgIpc) is 2.96. The van der Waals surface area contributed by atoms with Crippen molar-refractivity contribution in [1.82, 2.24) is 10.3 Å². The number of aliphatic hydroxyl groups is 1. The van der Waals surface area contributed by atoms with Crippen molar-refractivity contribution < 1.29 is 14.3 Å². The third-order valence-corrected chi connectivity index (χ3v) is 4.17. The molecule has 0 aliphatic heterocycles. The van der Waals surface area contributed by atoms with Gasteiger partial charge in [0.25, 0.3) is 5.91 Å². The molecule has 1 aromatic carbocycles. The van der Waals surface area contributed by atoms with Crippen LogP contribution >= 0.6 is 11.3 Å². The zero-order chi connectivity index (χ0) is 16.1. The van der Waals surface area contributed by atoms with E-state index in [1.165, 1.54) is 12.3 Å². The summed E-state index contributed by atoms with van der Waals surface area (Å²) in [5.41, 5.74) is 0.382. The smallest absolute Gasteiger partial charge is 0.263 e. The summed E-state index contributed by atoms with van der Waals surface area (Å²) in [7, 11) is 0. The highest BCUT2D eigenvalue weighted by Crippen LogP contribution is 2.27. The molecule has 2 aromatic rings. The molecule has 0 aliphatic carbocycles. The lowest BCUT2D eigenvalue weighted by molar-refractivity contribution is 0.0912. The van der Waals surface area contributed by atoms with Gasteiger partial charge in [0.05, 0.1) is 18.8 Å². The highest BCUT2D eigenvalue weighted by Gasteiger charge is 2.17. The van der Waals surface area contributed by atoms with Gasteiger partial charge in [0, 0.05) is 5.56 Å². The van der Waals surface area contributed by atoms with E-state index in [9.17, 15) is 14.3 Å². The van der Waals surface area contributed by atoms with Gasteiger partial charge < -0.3 is 10.4 Å². The summed E-state index contributed by atoms with van der Waals surface area (Å²) in [5, 5.41) is 12.6. The van der Waals surface area contributed by atoms with Crippen LogP contribution in [0.25, 0.3) is 10.6 Å². The Balaban J connectivity index is 2.11. The van der Waals surface area contributed by atoms with Crippen molar-refractivity contribution in [3.05, 3.63) is 41.2 Å². The number of hydrogen-bond donors (Lipinski definition) is 2. The molecule has 1 aromatic heterocycles. The van der Waals surface area contributed by atoms with Crippen molar-refractivity contribution in [3.8, 4) is 10.6 Å². The number of carbonyl (C=O) groups excluding carboxylic acids is 1. The summed E-state index contributed by atoms with van der Waals surface area (Å²) in [5.74, 6) is -0.287. The first-order valence-electron chi connectivity index (χ1n) is 7.13. The van der Waals surface area contributed by atoms with E-state index in [1.54, 1.807) is 18.2 Å². The van der Waals surface area contributed by atoms with Crippen LogP contribution in [-0.4, -0.2) is 28.6 Å². The standard InChI is InChI=1S/C16H19FN2O2S/c1-10(2)7-11(9-20)19-15(21)14-8-18-16(22-14)12-5-3-4-6-13(12)17/h3-6,8,10-11,20H,7,9H2,1-2H3,(H,19,21). The van der Waals surface area contributed by atoms with E-state index in [2.05, 4.69) is 10.3 Å². The lowest BCUT2D eigenvalue weighted by atomic mass is 10.0. The van der Waals surface area contributed by atoms with Gasteiger partial charge in [-0.25, -0.2) is 9.37 Å². The second-order valence-electron chi connectivity index (χ2n) is 5.49. The molecule has 22 heavy (non-hydrogen) atoms. The van der Waals surface area contributed by atoms with Crippen molar-refractivity contribution >= 4 is 17.2 Å². The topological polar surface area (TPSA) is 62.2 Å². The third kappa shape index (κ3) is 4.11. The van der Waals surface area contributed by atoms with Crippen molar-refractivity contribution in [2.45, 2.75) is 26.3 Å². The van der Waals surface area contributed by atoms with Crippen LogP contribution in [-0.2, 0) is 0 Å². The molecule has 0 fully saturated rings. The number of aliphatic hydroxyl groups excluding tert-OH is 1. The molecule has 1 atom stereocenters. The number of aromatic nitrogens is 1. The summed E-state index contributed by atoms with van der Waals surface area (Å²) in [6.45, 7) is 3.94. The quantitative estimate of drug-likeness (QED) is 0.859. The fraction of sp³-hybridized carbons (Fsp3) is 0.375. The molecule has 0 saturated carbocycles. The molecule has 6 heteroatoms. The molecule has 4 nitrogen and oxygen atoms in total. The van der Waals surface area contributed by atoms with Gasteiger partial charge in [-0.1, -0.05) is 26.0 Å². The van der Waals surface area contributed by atoms with Gasteiger partial charge in [-0.2, -0.15) is 0 Å². The minimum atomic E-state index is -0.364. The van der Waals surface area contributed by atoms with Crippen molar-refractivity contribution in [3.63, 3.8) is 0 Å². The summed E-state index contributed by atoms with van der Waals surface area (Å²) in [4.78, 5) is 16.7. The van der Waals surface area contributed by atoms with E-state index in [4.69, 9.17) is 0 Å². The molecule has 0 spiro atoms. The van der Waals surface area contributed by atoms with Gasteiger partial charge in [0.2, 0.25) is 0 Å². The first-order valence-corrected chi connectivity index (χ1v) is 7.95. The van der Waals surface area contributed by atoms with Gasteiger partial charge in [0.1, 0.15) is 15.7 Å². The molecule has 118 valence electrons. The number of hydrogen-bond acceptors (Lipinski definition) is 4. The molecule has 1 heterocycles. The van der Waals surface area contributed by atoms with Gasteiger partial charge in [-0.3, -0.25) is 4.79 Å². The van der Waals surface area contributed by atoms with E-state index in [0.717, 1.165) is 11.3 Å². The van der Waals surface area contributed by atoms with Crippen LogP contribution in [0.5, 0.6) is 0 Å². The van der Waals surface area contributed by atoms with E-state index in [-0.39, 0.29) is 24.4 Å². The molecule has 2 N–H and O–H groups in total. The number of rotatable bonds is 6. The first-order chi connectivity index (χ1) is 10.5. The third-order valence-electron chi connectivity index (χ3n) is 3.15. The van der Waals surface area contributed by atoms with Crippen LogP contribution < -0.4 is 5.32 Å². The Morgan fingerprint density at radius 2 is 2.14 bits per heavy atom. The number of nitrogens with one attached hydrogen (secondary N) is 1. The molecule has 1 amide bonds. The largest absolute Gasteiger partial charge is 0.394 e. The van der Waals surface area contributed by atoms with E-state index >= 15 is 0 Å².